The van der Waals surface area contributed by atoms with Crippen LogP contribution in [0, 0.1) is 0 Å². The maximum Gasteiger partial charge on any atom is 0.119 e. The molecule has 0 radical (unpaired) electrons. The summed E-state index contributed by atoms with van der Waals surface area (Å²) < 4.78 is 5.33. The summed E-state index contributed by atoms with van der Waals surface area (Å²) in [6, 6.07) is 6.85. The highest BCUT2D eigenvalue weighted by molar-refractivity contribution is 5.62. The Morgan fingerprint density at radius 3 is 2.94 bits per heavy atom. The highest BCUT2D eigenvalue weighted by Crippen LogP contribution is 2.45. The third kappa shape index (κ3) is 1.61. The highest BCUT2D eigenvalue weighted by Gasteiger charge is 2.44. The number of fused-ring (bicyclic) bond motifs is 3. The van der Waals surface area contributed by atoms with E-state index >= 15 is 0 Å². The van der Waals surface area contributed by atoms with Crippen molar-refractivity contribution >= 4 is 5.69 Å². The highest BCUT2D eigenvalue weighted by atomic mass is 16.5. The molecule has 2 atom stereocenters. The Kier molecular flexibility index (Phi) is 2.33. The normalized spacial score (nSPS) is 29.1. The number of anilines is 1. The van der Waals surface area contributed by atoms with Gasteiger partial charge < -0.3 is 15.4 Å². The van der Waals surface area contributed by atoms with Gasteiger partial charge in [-0.2, -0.15) is 0 Å². The monoisotopic (exact) mass is 232 g/mol. The van der Waals surface area contributed by atoms with Crippen LogP contribution in [0.2, 0.25) is 0 Å². The Labute approximate surface area is 103 Å². The van der Waals surface area contributed by atoms with Crippen LogP contribution in [0.25, 0.3) is 0 Å². The fourth-order valence-electron chi connectivity index (χ4n) is 3.22. The van der Waals surface area contributed by atoms with E-state index in [0.29, 0.717) is 12.0 Å². The molecule has 1 fully saturated rings. The molecule has 1 aromatic rings. The molecule has 3 heteroatoms. The molecule has 0 saturated carbocycles. The lowest BCUT2D eigenvalue weighted by molar-refractivity contribution is 0.256. The van der Waals surface area contributed by atoms with Gasteiger partial charge in [0, 0.05) is 17.1 Å². The number of benzene rings is 1. The second kappa shape index (κ2) is 3.64. The summed E-state index contributed by atoms with van der Waals surface area (Å²) in [5.41, 5.74) is 2.84. The van der Waals surface area contributed by atoms with Gasteiger partial charge in [0.2, 0.25) is 0 Å². The van der Waals surface area contributed by atoms with E-state index in [9.17, 15) is 0 Å². The van der Waals surface area contributed by atoms with Crippen LogP contribution in [-0.4, -0.2) is 25.2 Å². The van der Waals surface area contributed by atoms with Crippen LogP contribution < -0.4 is 15.4 Å². The van der Waals surface area contributed by atoms with Gasteiger partial charge in [0.1, 0.15) is 5.75 Å². The molecule has 0 aromatic heterocycles. The zero-order valence-electron chi connectivity index (χ0n) is 10.7. The largest absolute Gasteiger partial charge is 0.497 e. The third-order valence-electron chi connectivity index (χ3n) is 4.19. The van der Waals surface area contributed by atoms with Crippen molar-refractivity contribution < 1.29 is 4.74 Å². The van der Waals surface area contributed by atoms with Crippen molar-refractivity contribution in [3.8, 4) is 5.75 Å². The van der Waals surface area contributed by atoms with E-state index in [1.54, 1.807) is 7.11 Å². The molecule has 0 spiro atoms. The molecule has 2 N–H and O–H groups in total. The van der Waals surface area contributed by atoms with Gasteiger partial charge in [-0.15, -0.1) is 0 Å². The van der Waals surface area contributed by atoms with Gasteiger partial charge in [0.15, 0.2) is 0 Å². The Balaban J connectivity index is 2.00. The number of piperidine rings is 1. The fourth-order valence-corrected chi connectivity index (χ4v) is 3.22. The first-order chi connectivity index (χ1) is 8.12. The number of hydrogen-bond donors (Lipinski definition) is 2. The molecule has 0 aliphatic carbocycles. The van der Waals surface area contributed by atoms with E-state index < -0.39 is 0 Å². The van der Waals surface area contributed by atoms with Crippen LogP contribution in [0.15, 0.2) is 18.2 Å². The van der Waals surface area contributed by atoms with Gasteiger partial charge in [0.25, 0.3) is 0 Å². The first-order valence-corrected chi connectivity index (χ1v) is 6.31. The van der Waals surface area contributed by atoms with Crippen LogP contribution in [0.5, 0.6) is 5.75 Å². The van der Waals surface area contributed by atoms with E-state index in [-0.39, 0.29) is 5.54 Å². The topological polar surface area (TPSA) is 33.3 Å². The molecule has 17 heavy (non-hydrogen) atoms. The predicted octanol–water partition coefficient (Wildman–Crippen LogP) is 2.34. The second-order valence-corrected chi connectivity index (χ2v) is 5.62. The molecule has 3 nitrogen and oxygen atoms in total. The molecule has 2 aliphatic heterocycles. The summed E-state index contributed by atoms with van der Waals surface area (Å²) in [5.74, 6) is 1.57. The molecule has 0 amide bonds. The van der Waals surface area contributed by atoms with Gasteiger partial charge in [-0.05, 0) is 50.6 Å². The van der Waals surface area contributed by atoms with Gasteiger partial charge in [-0.1, -0.05) is 0 Å². The predicted molar refractivity (Wildman–Crippen MR) is 69.8 cm³/mol. The molecule has 1 saturated heterocycles. The molecule has 2 aliphatic rings. The molecule has 3 rings (SSSR count). The first kappa shape index (κ1) is 10.9. The van der Waals surface area contributed by atoms with Gasteiger partial charge in [-0.3, -0.25) is 0 Å². The van der Waals surface area contributed by atoms with E-state index in [1.807, 2.05) is 6.07 Å². The van der Waals surface area contributed by atoms with Crippen molar-refractivity contribution in [3.05, 3.63) is 23.8 Å². The SMILES string of the molecule is COc1ccc2c(c1)C1CCNC(C)(C)C1N2. The van der Waals surface area contributed by atoms with Crippen LogP contribution in [-0.2, 0) is 0 Å². The summed E-state index contributed by atoms with van der Waals surface area (Å²) in [7, 11) is 1.73. The van der Waals surface area contributed by atoms with Crippen molar-refractivity contribution in [3.63, 3.8) is 0 Å². The lowest BCUT2D eigenvalue weighted by Gasteiger charge is -2.41. The second-order valence-electron chi connectivity index (χ2n) is 5.62. The minimum absolute atomic E-state index is 0.148. The van der Waals surface area contributed by atoms with Crippen molar-refractivity contribution in [2.24, 2.45) is 0 Å². The van der Waals surface area contributed by atoms with Crippen molar-refractivity contribution in [1.82, 2.24) is 5.32 Å². The fraction of sp³-hybridized carbons (Fsp3) is 0.571. The molecule has 92 valence electrons. The summed E-state index contributed by atoms with van der Waals surface area (Å²) in [4.78, 5) is 0. The lowest BCUT2D eigenvalue weighted by Crippen LogP contribution is -2.57. The zero-order valence-corrected chi connectivity index (χ0v) is 10.7. The molecular formula is C14H20N2O. The maximum absolute atomic E-state index is 5.33. The molecule has 2 heterocycles. The molecule has 2 unspecified atom stereocenters. The standard InChI is InChI=1S/C14H20N2O/c1-14(2)13-10(6-7-15-14)11-8-9(17-3)4-5-12(11)16-13/h4-5,8,10,13,15-16H,6-7H2,1-3H3. The zero-order chi connectivity index (χ0) is 12.0. The quantitative estimate of drug-likeness (QED) is 0.779. The third-order valence-corrected chi connectivity index (χ3v) is 4.19. The van der Waals surface area contributed by atoms with Gasteiger partial charge in [0.05, 0.1) is 13.2 Å². The minimum Gasteiger partial charge on any atom is -0.497 e. The van der Waals surface area contributed by atoms with Crippen LogP contribution >= 0.6 is 0 Å². The summed E-state index contributed by atoms with van der Waals surface area (Å²) in [5, 5.41) is 7.26. The van der Waals surface area contributed by atoms with E-state index in [4.69, 9.17) is 4.74 Å². The molecular weight excluding hydrogens is 212 g/mol. The van der Waals surface area contributed by atoms with Crippen LogP contribution in [0.4, 0.5) is 5.69 Å². The van der Waals surface area contributed by atoms with Crippen LogP contribution in [0.3, 0.4) is 0 Å². The Bertz CT molecular complexity index is 442. The summed E-state index contributed by atoms with van der Waals surface area (Å²) >= 11 is 0. The summed E-state index contributed by atoms with van der Waals surface area (Å²) in [6.07, 6.45) is 1.20. The Morgan fingerprint density at radius 2 is 2.18 bits per heavy atom. The van der Waals surface area contributed by atoms with Gasteiger partial charge in [-0.25, -0.2) is 0 Å². The number of methoxy groups -OCH3 is 1. The van der Waals surface area contributed by atoms with E-state index in [0.717, 1.165) is 12.3 Å². The number of nitrogens with one attached hydrogen (secondary N) is 2. The van der Waals surface area contributed by atoms with Crippen LogP contribution in [0.1, 0.15) is 31.7 Å². The molecule has 1 aromatic carbocycles. The van der Waals surface area contributed by atoms with Crippen molar-refractivity contribution in [2.45, 2.75) is 37.8 Å². The van der Waals surface area contributed by atoms with E-state index in [1.165, 1.54) is 17.7 Å². The Morgan fingerprint density at radius 1 is 1.35 bits per heavy atom. The molecule has 0 bridgehead atoms. The number of rotatable bonds is 1. The van der Waals surface area contributed by atoms with Crippen molar-refractivity contribution in [1.29, 1.82) is 0 Å². The average Bonchev–Trinajstić information content (AvgIpc) is 2.68. The first-order valence-electron chi connectivity index (χ1n) is 6.31. The average molecular weight is 232 g/mol. The van der Waals surface area contributed by atoms with E-state index in [2.05, 4.69) is 36.6 Å². The van der Waals surface area contributed by atoms with Gasteiger partial charge >= 0.3 is 0 Å². The number of ether oxygens (including phenoxy) is 1. The Hall–Kier alpha value is -1.22. The maximum atomic E-state index is 5.33. The lowest BCUT2D eigenvalue weighted by atomic mass is 9.78. The number of hydrogen-bond acceptors (Lipinski definition) is 3. The van der Waals surface area contributed by atoms with Crippen molar-refractivity contribution in [2.75, 3.05) is 19.0 Å². The smallest absolute Gasteiger partial charge is 0.119 e. The minimum atomic E-state index is 0.148. The summed E-state index contributed by atoms with van der Waals surface area (Å²) in [6.45, 7) is 5.65.